The van der Waals surface area contributed by atoms with Gasteiger partial charge in [0.15, 0.2) is 5.69 Å². The second-order valence-electron chi connectivity index (χ2n) is 6.00. The van der Waals surface area contributed by atoms with Gasteiger partial charge < -0.3 is 10.4 Å². The van der Waals surface area contributed by atoms with Crippen LogP contribution in [0.25, 0.3) is 5.69 Å². The summed E-state index contributed by atoms with van der Waals surface area (Å²) in [5.74, 6) is -0.651. The Morgan fingerprint density at radius 1 is 1.39 bits per heavy atom. The average Bonchev–Trinajstić information content (AvgIpc) is 2.90. The number of carbonyl (C=O) groups is 1. The molecule has 124 valence electrons. The Hall–Kier alpha value is -2.21. The maximum atomic E-state index is 13.0. The smallest absolute Gasteiger partial charge is 0.272 e. The zero-order chi connectivity index (χ0) is 17.0. The summed E-state index contributed by atoms with van der Waals surface area (Å²) in [5, 5.41) is 16.7. The lowest BCUT2D eigenvalue weighted by molar-refractivity contribution is 0.0835. The number of benzene rings is 1. The van der Waals surface area contributed by atoms with Gasteiger partial charge in [0.2, 0.25) is 0 Å². The maximum absolute atomic E-state index is 13.0. The van der Waals surface area contributed by atoms with Gasteiger partial charge in [0.1, 0.15) is 5.82 Å². The minimum absolute atomic E-state index is 0.135. The third-order valence-corrected chi connectivity index (χ3v) is 3.77. The highest BCUT2D eigenvalue weighted by molar-refractivity contribution is 5.94. The molecule has 0 unspecified atom stereocenters. The second-order valence-corrected chi connectivity index (χ2v) is 6.00. The molecule has 0 radical (unpaired) electrons. The monoisotopic (exact) mass is 319 g/mol. The van der Waals surface area contributed by atoms with Crippen molar-refractivity contribution in [3.8, 4) is 5.69 Å². The molecule has 23 heavy (non-hydrogen) atoms. The van der Waals surface area contributed by atoms with Gasteiger partial charge in [-0.25, -0.2) is 9.07 Å². The fourth-order valence-corrected chi connectivity index (χ4v) is 2.48. The first kappa shape index (κ1) is 17.1. The zero-order valence-corrected chi connectivity index (χ0v) is 13.6. The summed E-state index contributed by atoms with van der Waals surface area (Å²) in [6, 6.07) is 5.88. The van der Waals surface area contributed by atoms with E-state index >= 15 is 0 Å². The number of nitrogens with one attached hydrogen (secondary N) is 1. The number of aromatic nitrogens is 2. The number of halogens is 1. The van der Waals surface area contributed by atoms with Gasteiger partial charge in [0, 0.05) is 11.8 Å². The molecule has 1 aromatic heterocycles. The largest absolute Gasteiger partial charge is 0.394 e. The SMILES string of the molecule is CCC[C@@](C)(CO)NC(=O)c1nn(-c2ccc(F)cc2)cc1C. The molecular formula is C17H22FN3O2. The number of aryl methyl sites for hydroxylation is 1. The van der Waals surface area contributed by atoms with Crippen LogP contribution in [-0.4, -0.2) is 32.9 Å². The third-order valence-electron chi connectivity index (χ3n) is 3.77. The van der Waals surface area contributed by atoms with E-state index in [1.54, 1.807) is 36.9 Å². The van der Waals surface area contributed by atoms with E-state index in [2.05, 4.69) is 10.4 Å². The summed E-state index contributed by atoms with van der Waals surface area (Å²) in [6.07, 6.45) is 3.24. The van der Waals surface area contributed by atoms with E-state index in [0.29, 0.717) is 23.4 Å². The third kappa shape index (κ3) is 3.96. The predicted octanol–water partition coefficient (Wildman–Crippen LogP) is 2.60. The molecule has 0 saturated carbocycles. The number of carbonyl (C=O) groups excluding carboxylic acids is 1. The van der Waals surface area contributed by atoms with Crippen molar-refractivity contribution >= 4 is 5.91 Å². The zero-order valence-electron chi connectivity index (χ0n) is 13.6. The van der Waals surface area contributed by atoms with Crippen molar-refractivity contribution < 1.29 is 14.3 Å². The molecule has 6 heteroatoms. The molecule has 0 saturated heterocycles. The molecule has 2 aromatic rings. The predicted molar refractivity (Wildman–Crippen MR) is 86.1 cm³/mol. The first-order valence-corrected chi connectivity index (χ1v) is 7.64. The summed E-state index contributed by atoms with van der Waals surface area (Å²) >= 11 is 0. The molecule has 1 atom stereocenters. The number of hydrogen-bond acceptors (Lipinski definition) is 3. The van der Waals surface area contributed by atoms with Crippen LogP contribution in [0.2, 0.25) is 0 Å². The van der Waals surface area contributed by atoms with Gasteiger partial charge in [0.25, 0.3) is 5.91 Å². The standard InChI is InChI=1S/C17H22FN3O2/c1-4-9-17(3,11-22)19-16(23)15-12(2)10-21(20-15)14-7-5-13(18)6-8-14/h5-8,10,22H,4,9,11H2,1-3H3,(H,19,23)/t17-/m0/s1. The number of rotatable bonds is 6. The lowest BCUT2D eigenvalue weighted by atomic mass is 9.97. The Kier molecular flexibility index (Phi) is 5.15. The Labute approximate surface area is 135 Å². The molecule has 2 rings (SSSR count). The number of nitrogens with zero attached hydrogens (tertiary/aromatic N) is 2. The van der Waals surface area contributed by atoms with Crippen molar-refractivity contribution in [2.45, 2.75) is 39.2 Å². The van der Waals surface area contributed by atoms with E-state index in [1.165, 1.54) is 12.1 Å². The molecular weight excluding hydrogens is 297 g/mol. The van der Waals surface area contributed by atoms with Crippen LogP contribution in [-0.2, 0) is 0 Å². The summed E-state index contributed by atoms with van der Waals surface area (Å²) in [5.41, 5.74) is 1.01. The fraction of sp³-hybridized carbons (Fsp3) is 0.412. The number of aliphatic hydroxyl groups is 1. The molecule has 1 amide bonds. The van der Waals surface area contributed by atoms with E-state index in [0.717, 1.165) is 6.42 Å². The summed E-state index contributed by atoms with van der Waals surface area (Å²) in [4.78, 5) is 12.5. The van der Waals surface area contributed by atoms with E-state index in [1.807, 2.05) is 6.92 Å². The van der Waals surface area contributed by atoms with Gasteiger partial charge in [0.05, 0.1) is 17.8 Å². The first-order valence-electron chi connectivity index (χ1n) is 7.64. The topological polar surface area (TPSA) is 67.2 Å². The maximum Gasteiger partial charge on any atom is 0.272 e. The van der Waals surface area contributed by atoms with E-state index in [4.69, 9.17) is 0 Å². The van der Waals surface area contributed by atoms with Gasteiger partial charge in [-0.05, 0) is 44.5 Å². The minimum atomic E-state index is -0.669. The van der Waals surface area contributed by atoms with E-state index in [9.17, 15) is 14.3 Å². The molecule has 0 bridgehead atoms. The molecule has 1 aromatic carbocycles. The lowest BCUT2D eigenvalue weighted by Crippen LogP contribution is -2.49. The van der Waals surface area contributed by atoms with Gasteiger partial charge in [-0.15, -0.1) is 0 Å². The van der Waals surface area contributed by atoms with Crippen molar-refractivity contribution in [1.82, 2.24) is 15.1 Å². The first-order chi connectivity index (χ1) is 10.9. The van der Waals surface area contributed by atoms with Crippen LogP contribution in [0.1, 0.15) is 42.7 Å². The van der Waals surface area contributed by atoms with Crippen LogP contribution in [0.5, 0.6) is 0 Å². The Balaban J connectivity index is 2.23. The van der Waals surface area contributed by atoms with Crippen LogP contribution < -0.4 is 5.32 Å². The van der Waals surface area contributed by atoms with Crippen LogP contribution in [0.15, 0.2) is 30.5 Å². The second kappa shape index (κ2) is 6.91. The molecule has 0 aliphatic carbocycles. The van der Waals surface area contributed by atoms with Gasteiger partial charge in [-0.1, -0.05) is 13.3 Å². The molecule has 0 aliphatic heterocycles. The number of aliphatic hydroxyl groups excluding tert-OH is 1. The highest BCUT2D eigenvalue weighted by atomic mass is 19.1. The minimum Gasteiger partial charge on any atom is -0.394 e. The van der Waals surface area contributed by atoms with Crippen LogP contribution in [0.4, 0.5) is 4.39 Å². The summed E-state index contributed by atoms with van der Waals surface area (Å²) < 4.78 is 14.5. The molecule has 0 aliphatic rings. The molecule has 0 spiro atoms. The van der Waals surface area contributed by atoms with Crippen molar-refractivity contribution in [3.63, 3.8) is 0 Å². The van der Waals surface area contributed by atoms with Gasteiger partial charge in [-0.3, -0.25) is 4.79 Å². The number of amides is 1. The van der Waals surface area contributed by atoms with Gasteiger partial charge >= 0.3 is 0 Å². The van der Waals surface area contributed by atoms with Gasteiger partial charge in [-0.2, -0.15) is 5.10 Å². The fourth-order valence-electron chi connectivity index (χ4n) is 2.48. The average molecular weight is 319 g/mol. The summed E-state index contributed by atoms with van der Waals surface area (Å²) in [7, 11) is 0. The Morgan fingerprint density at radius 2 is 2.04 bits per heavy atom. The van der Waals surface area contributed by atoms with E-state index < -0.39 is 5.54 Å². The molecule has 0 fully saturated rings. The van der Waals surface area contributed by atoms with Crippen molar-refractivity contribution in [2.24, 2.45) is 0 Å². The van der Waals surface area contributed by atoms with Crippen molar-refractivity contribution in [1.29, 1.82) is 0 Å². The highest BCUT2D eigenvalue weighted by Gasteiger charge is 2.27. The van der Waals surface area contributed by atoms with Crippen LogP contribution in [0, 0.1) is 12.7 Å². The normalized spacial score (nSPS) is 13.6. The Bertz CT molecular complexity index is 682. The Morgan fingerprint density at radius 3 is 2.61 bits per heavy atom. The molecule has 2 N–H and O–H groups in total. The quantitative estimate of drug-likeness (QED) is 0.860. The van der Waals surface area contributed by atoms with Crippen LogP contribution in [0.3, 0.4) is 0 Å². The van der Waals surface area contributed by atoms with Crippen molar-refractivity contribution in [3.05, 3.63) is 47.5 Å². The molecule has 5 nitrogen and oxygen atoms in total. The lowest BCUT2D eigenvalue weighted by Gasteiger charge is -2.28. The highest BCUT2D eigenvalue weighted by Crippen LogP contribution is 2.16. The summed E-state index contributed by atoms with van der Waals surface area (Å²) in [6.45, 7) is 5.46. The van der Waals surface area contributed by atoms with Crippen LogP contribution >= 0.6 is 0 Å². The van der Waals surface area contributed by atoms with Crippen molar-refractivity contribution in [2.75, 3.05) is 6.61 Å². The van der Waals surface area contributed by atoms with E-state index in [-0.39, 0.29) is 18.3 Å². The number of hydrogen-bond donors (Lipinski definition) is 2. The molecule has 1 heterocycles.